The Bertz CT molecular complexity index is 1020. The Hall–Kier alpha value is -2.42. The summed E-state index contributed by atoms with van der Waals surface area (Å²) in [7, 11) is -2.41. The molecule has 8 heteroatoms. The van der Waals surface area contributed by atoms with E-state index in [-0.39, 0.29) is 40.6 Å². The topological polar surface area (TPSA) is 84.9 Å². The lowest BCUT2D eigenvalue weighted by Gasteiger charge is -2.27. The fraction of sp³-hybridized carbons (Fsp3) is 0.409. The van der Waals surface area contributed by atoms with Gasteiger partial charge in [0.25, 0.3) is 5.91 Å². The number of nitrogens with zero attached hydrogens (tertiary/aromatic N) is 1. The normalized spacial score (nSPS) is 15.6. The Morgan fingerprint density at radius 2 is 1.77 bits per heavy atom. The number of anilines is 1. The minimum atomic E-state index is -3.82. The smallest absolute Gasteiger partial charge is 0.255 e. The van der Waals surface area contributed by atoms with Gasteiger partial charge in [-0.2, -0.15) is 4.31 Å². The lowest BCUT2D eigenvalue weighted by Crippen LogP contribution is -2.40. The molecule has 2 aromatic rings. The second-order valence-corrected chi connectivity index (χ2v) is 10.0. The van der Waals surface area contributed by atoms with Gasteiger partial charge in [0, 0.05) is 24.3 Å². The molecule has 1 fully saturated rings. The molecular weight excluding hydrogens is 404 g/mol. The molecule has 2 aromatic carbocycles. The molecule has 1 saturated heterocycles. The van der Waals surface area contributed by atoms with E-state index in [1.165, 1.54) is 23.5 Å². The third kappa shape index (κ3) is 4.66. The predicted octanol–water partition coefficient (Wildman–Crippen LogP) is 3.27. The lowest BCUT2D eigenvalue weighted by molar-refractivity contribution is 0.0729. The first-order chi connectivity index (χ1) is 14.1. The average molecular weight is 433 g/mol. The summed E-state index contributed by atoms with van der Waals surface area (Å²) in [5.41, 5.74) is 1.78. The summed E-state index contributed by atoms with van der Waals surface area (Å²) < 4.78 is 38.2. The van der Waals surface area contributed by atoms with Crippen LogP contribution in [0.1, 0.15) is 36.7 Å². The average Bonchev–Trinajstić information content (AvgIpc) is 2.73. The van der Waals surface area contributed by atoms with Crippen LogP contribution in [-0.2, 0) is 20.2 Å². The number of amides is 1. The van der Waals surface area contributed by atoms with E-state index in [0.29, 0.717) is 18.9 Å². The van der Waals surface area contributed by atoms with Crippen molar-refractivity contribution in [1.29, 1.82) is 0 Å². The van der Waals surface area contributed by atoms with Crippen LogP contribution in [0.25, 0.3) is 0 Å². The number of carbonyl (C=O) groups is 1. The highest BCUT2D eigenvalue weighted by Gasteiger charge is 2.30. The van der Waals surface area contributed by atoms with Crippen LogP contribution in [0.4, 0.5) is 5.69 Å². The standard InChI is InChI=1S/C22H28N2O5S/c1-22(2,3)17-7-5-6-8-18(17)23-21(25)16-9-10-19(28-4)20(15-16)30(26,27)24-11-13-29-14-12-24/h5-10,15H,11-14H2,1-4H3,(H,23,25). The first-order valence-corrected chi connectivity index (χ1v) is 11.3. The van der Waals surface area contributed by atoms with Crippen LogP contribution in [-0.4, -0.2) is 52.0 Å². The van der Waals surface area contributed by atoms with Crippen molar-refractivity contribution in [1.82, 2.24) is 4.31 Å². The number of ether oxygens (including phenoxy) is 2. The van der Waals surface area contributed by atoms with Crippen LogP contribution in [0.5, 0.6) is 5.75 Å². The van der Waals surface area contributed by atoms with Crippen LogP contribution in [0.2, 0.25) is 0 Å². The molecular formula is C22H28N2O5S. The SMILES string of the molecule is COc1ccc(C(=O)Nc2ccccc2C(C)(C)C)cc1S(=O)(=O)N1CCOCC1. The van der Waals surface area contributed by atoms with Crippen LogP contribution in [0, 0.1) is 0 Å². The lowest BCUT2D eigenvalue weighted by atomic mass is 9.86. The number of methoxy groups -OCH3 is 1. The summed E-state index contributed by atoms with van der Waals surface area (Å²) in [6, 6.07) is 12.0. The summed E-state index contributed by atoms with van der Waals surface area (Å²) in [4.78, 5) is 12.9. The van der Waals surface area contributed by atoms with Gasteiger partial charge in [-0.15, -0.1) is 0 Å². The van der Waals surface area contributed by atoms with E-state index in [0.717, 1.165) is 5.56 Å². The molecule has 0 radical (unpaired) electrons. The number of para-hydroxylation sites is 1. The van der Waals surface area contributed by atoms with Gasteiger partial charge in [-0.1, -0.05) is 39.0 Å². The van der Waals surface area contributed by atoms with E-state index < -0.39 is 10.0 Å². The van der Waals surface area contributed by atoms with E-state index in [2.05, 4.69) is 26.1 Å². The zero-order valence-electron chi connectivity index (χ0n) is 17.8. The summed E-state index contributed by atoms with van der Waals surface area (Å²) in [5.74, 6) is -0.180. The highest BCUT2D eigenvalue weighted by atomic mass is 32.2. The molecule has 0 aliphatic carbocycles. The molecule has 0 unspecified atom stereocenters. The van der Waals surface area contributed by atoms with Gasteiger partial charge in [0.05, 0.1) is 20.3 Å². The zero-order chi connectivity index (χ0) is 21.9. The second kappa shape index (κ2) is 8.75. The number of hydrogen-bond donors (Lipinski definition) is 1. The summed E-state index contributed by atoms with van der Waals surface area (Å²) in [6.07, 6.45) is 0. The van der Waals surface area contributed by atoms with E-state index in [1.54, 1.807) is 6.07 Å². The van der Waals surface area contributed by atoms with Crippen molar-refractivity contribution in [3.63, 3.8) is 0 Å². The van der Waals surface area contributed by atoms with Crippen molar-refractivity contribution in [3.8, 4) is 5.75 Å². The van der Waals surface area contributed by atoms with E-state index in [4.69, 9.17) is 9.47 Å². The van der Waals surface area contributed by atoms with Crippen molar-refractivity contribution in [2.45, 2.75) is 31.1 Å². The van der Waals surface area contributed by atoms with Gasteiger partial charge in [0.15, 0.2) is 0 Å². The molecule has 7 nitrogen and oxygen atoms in total. The van der Waals surface area contributed by atoms with Gasteiger partial charge >= 0.3 is 0 Å². The molecule has 0 saturated carbocycles. The molecule has 30 heavy (non-hydrogen) atoms. The maximum atomic E-state index is 13.1. The van der Waals surface area contributed by atoms with Crippen LogP contribution in [0.15, 0.2) is 47.4 Å². The molecule has 0 bridgehead atoms. The van der Waals surface area contributed by atoms with Crippen molar-refractivity contribution >= 4 is 21.6 Å². The van der Waals surface area contributed by atoms with Crippen LogP contribution >= 0.6 is 0 Å². The summed E-state index contributed by atoms with van der Waals surface area (Å²) in [6.45, 7) is 7.41. The molecule has 1 aliphatic rings. The van der Waals surface area contributed by atoms with Gasteiger partial charge in [-0.3, -0.25) is 4.79 Å². The van der Waals surface area contributed by atoms with Gasteiger partial charge in [0.2, 0.25) is 10.0 Å². The Morgan fingerprint density at radius 1 is 1.10 bits per heavy atom. The highest BCUT2D eigenvalue weighted by Crippen LogP contribution is 2.31. The number of benzene rings is 2. The molecule has 1 N–H and O–H groups in total. The van der Waals surface area contributed by atoms with E-state index in [9.17, 15) is 13.2 Å². The Morgan fingerprint density at radius 3 is 2.40 bits per heavy atom. The third-order valence-electron chi connectivity index (χ3n) is 5.00. The Labute approximate surface area is 178 Å². The highest BCUT2D eigenvalue weighted by molar-refractivity contribution is 7.89. The van der Waals surface area contributed by atoms with Crippen molar-refractivity contribution in [3.05, 3.63) is 53.6 Å². The van der Waals surface area contributed by atoms with Crippen molar-refractivity contribution in [2.24, 2.45) is 0 Å². The molecule has 1 aliphatic heterocycles. The molecule has 1 amide bonds. The number of carbonyl (C=O) groups excluding carboxylic acids is 1. The monoisotopic (exact) mass is 432 g/mol. The largest absolute Gasteiger partial charge is 0.495 e. The molecule has 0 atom stereocenters. The quantitative estimate of drug-likeness (QED) is 0.784. The molecule has 1 heterocycles. The summed E-state index contributed by atoms with van der Waals surface area (Å²) >= 11 is 0. The number of rotatable bonds is 5. The minimum absolute atomic E-state index is 0.0244. The maximum absolute atomic E-state index is 13.1. The first-order valence-electron chi connectivity index (χ1n) is 9.81. The van der Waals surface area contributed by atoms with Gasteiger partial charge in [-0.05, 0) is 35.2 Å². The Balaban J connectivity index is 1.95. The van der Waals surface area contributed by atoms with Crippen molar-refractivity contribution in [2.75, 3.05) is 38.7 Å². The predicted molar refractivity (Wildman–Crippen MR) is 116 cm³/mol. The second-order valence-electron chi connectivity index (χ2n) is 8.13. The molecule has 0 aromatic heterocycles. The Kier molecular flexibility index (Phi) is 6.50. The maximum Gasteiger partial charge on any atom is 0.255 e. The number of morpholine rings is 1. The fourth-order valence-corrected chi connectivity index (χ4v) is 4.98. The zero-order valence-corrected chi connectivity index (χ0v) is 18.6. The van der Waals surface area contributed by atoms with Crippen molar-refractivity contribution < 1.29 is 22.7 Å². The van der Waals surface area contributed by atoms with E-state index in [1.807, 2.05) is 24.3 Å². The number of hydrogen-bond acceptors (Lipinski definition) is 5. The molecule has 162 valence electrons. The van der Waals surface area contributed by atoms with Gasteiger partial charge in [0.1, 0.15) is 10.6 Å². The third-order valence-corrected chi connectivity index (χ3v) is 6.92. The van der Waals surface area contributed by atoms with Gasteiger partial charge < -0.3 is 14.8 Å². The van der Waals surface area contributed by atoms with Crippen LogP contribution in [0.3, 0.4) is 0 Å². The fourth-order valence-electron chi connectivity index (χ4n) is 3.39. The molecule has 0 spiro atoms. The van der Waals surface area contributed by atoms with E-state index >= 15 is 0 Å². The minimum Gasteiger partial charge on any atom is -0.495 e. The van der Waals surface area contributed by atoms with Crippen LogP contribution < -0.4 is 10.1 Å². The first kappa shape index (κ1) is 22.3. The van der Waals surface area contributed by atoms with Gasteiger partial charge in [-0.25, -0.2) is 8.42 Å². The number of sulfonamides is 1. The number of nitrogens with one attached hydrogen (secondary N) is 1. The molecule has 3 rings (SSSR count). The summed E-state index contributed by atoms with van der Waals surface area (Å²) in [5, 5.41) is 2.92.